The number of allylic oxidation sites excluding steroid dienone is 3. The van der Waals surface area contributed by atoms with Crippen molar-refractivity contribution in [3.8, 4) is 0 Å². The number of rotatable bonds is 2. The van der Waals surface area contributed by atoms with E-state index in [4.69, 9.17) is 11.6 Å². The average Bonchev–Trinajstić information content (AvgIpc) is 2.27. The molecule has 0 aromatic rings. The summed E-state index contributed by atoms with van der Waals surface area (Å²) in [5, 5.41) is 19.9. The number of aliphatic hydroxyl groups is 2. The predicted molar refractivity (Wildman–Crippen MR) is 60.6 cm³/mol. The Morgan fingerprint density at radius 1 is 1.33 bits per heavy atom. The molecule has 0 saturated heterocycles. The molecule has 2 aliphatic carbocycles. The Labute approximate surface area is 95.3 Å². The van der Waals surface area contributed by atoms with Crippen molar-refractivity contribution >= 4 is 11.6 Å². The van der Waals surface area contributed by atoms with Gasteiger partial charge in [-0.3, -0.25) is 0 Å². The maximum atomic E-state index is 9.49. The van der Waals surface area contributed by atoms with Crippen LogP contribution in [0, 0.1) is 11.3 Å². The highest BCUT2D eigenvalue weighted by molar-refractivity contribution is 6.29. The van der Waals surface area contributed by atoms with Gasteiger partial charge in [0, 0.05) is 10.4 Å². The maximum Gasteiger partial charge on any atom is 0.0547 e. The third-order valence-electron chi connectivity index (χ3n) is 3.75. The van der Waals surface area contributed by atoms with Gasteiger partial charge in [0.1, 0.15) is 0 Å². The minimum atomic E-state index is -0.392. The van der Waals surface area contributed by atoms with Crippen LogP contribution in [0.3, 0.4) is 0 Å². The number of hydrogen-bond acceptors (Lipinski definition) is 2. The summed E-state index contributed by atoms with van der Waals surface area (Å²) in [6.45, 7) is 0.0780. The van der Waals surface area contributed by atoms with Crippen molar-refractivity contribution in [1.29, 1.82) is 0 Å². The van der Waals surface area contributed by atoms with Gasteiger partial charge >= 0.3 is 0 Å². The first-order valence-corrected chi connectivity index (χ1v) is 5.88. The summed E-state index contributed by atoms with van der Waals surface area (Å²) in [4.78, 5) is 0. The van der Waals surface area contributed by atoms with Crippen molar-refractivity contribution in [2.75, 3.05) is 13.2 Å². The normalized spacial score (nSPS) is 29.1. The van der Waals surface area contributed by atoms with Crippen LogP contribution in [0.15, 0.2) is 22.8 Å². The highest BCUT2D eigenvalue weighted by Gasteiger charge is 2.40. The molecule has 2 rings (SSSR count). The van der Waals surface area contributed by atoms with E-state index < -0.39 is 5.41 Å². The van der Waals surface area contributed by atoms with Crippen LogP contribution in [0.4, 0.5) is 0 Å². The van der Waals surface area contributed by atoms with Gasteiger partial charge in [0.2, 0.25) is 0 Å². The molecule has 0 radical (unpaired) electrons. The maximum absolute atomic E-state index is 9.49. The lowest BCUT2D eigenvalue weighted by Gasteiger charge is -2.42. The third kappa shape index (κ3) is 1.86. The lowest BCUT2D eigenvalue weighted by atomic mass is 9.64. The molecule has 1 saturated carbocycles. The molecular formula is C12H17ClO2. The van der Waals surface area contributed by atoms with Gasteiger partial charge in [0.05, 0.1) is 13.2 Å². The highest BCUT2D eigenvalue weighted by atomic mass is 35.5. The van der Waals surface area contributed by atoms with Crippen LogP contribution in [0.1, 0.15) is 25.7 Å². The molecule has 0 heterocycles. The number of hydrogen-bond donors (Lipinski definition) is 2. The quantitative estimate of drug-likeness (QED) is 0.761. The summed E-state index contributed by atoms with van der Waals surface area (Å²) in [5.41, 5.74) is 0.806. The zero-order valence-electron chi connectivity index (χ0n) is 8.75. The van der Waals surface area contributed by atoms with Gasteiger partial charge in [-0.15, -0.1) is 0 Å². The Balaban J connectivity index is 2.33. The summed E-state index contributed by atoms with van der Waals surface area (Å²) >= 11 is 6.01. The molecule has 84 valence electrons. The van der Waals surface area contributed by atoms with Crippen LogP contribution in [-0.2, 0) is 0 Å². The van der Waals surface area contributed by atoms with Crippen LogP contribution in [0.2, 0.25) is 0 Å². The van der Waals surface area contributed by atoms with Crippen LogP contribution >= 0.6 is 11.6 Å². The molecule has 2 nitrogen and oxygen atoms in total. The molecule has 2 aliphatic rings. The smallest absolute Gasteiger partial charge is 0.0547 e. The Kier molecular flexibility index (Phi) is 3.19. The fourth-order valence-electron chi connectivity index (χ4n) is 2.82. The van der Waals surface area contributed by atoms with Gasteiger partial charge in [-0.1, -0.05) is 29.7 Å². The number of halogens is 1. The van der Waals surface area contributed by atoms with Crippen molar-refractivity contribution in [3.05, 3.63) is 22.8 Å². The zero-order valence-corrected chi connectivity index (χ0v) is 9.50. The molecule has 2 N–H and O–H groups in total. The lowest BCUT2D eigenvalue weighted by molar-refractivity contribution is 0.0518. The Bertz CT molecular complexity index is 303. The molecule has 0 aromatic heterocycles. The van der Waals surface area contributed by atoms with Gasteiger partial charge in [0.15, 0.2) is 0 Å². The predicted octanol–water partition coefficient (Wildman–Crippen LogP) is 2.21. The van der Waals surface area contributed by atoms with E-state index in [2.05, 4.69) is 0 Å². The second-order valence-electron chi connectivity index (χ2n) is 4.63. The number of aliphatic hydroxyl groups excluding tert-OH is 2. The molecule has 1 fully saturated rings. The van der Waals surface area contributed by atoms with E-state index in [0.717, 1.165) is 30.7 Å². The molecular weight excluding hydrogens is 212 g/mol. The van der Waals surface area contributed by atoms with Crippen molar-refractivity contribution in [2.45, 2.75) is 25.7 Å². The Morgan fingerprint density at radius 3 is 2.73 bits per heavy atom. The summed E-state index contributed by atoms with van der Waals surface area (Å²) in [5.74, 6) is 0.426. The first-order valence-electron chi connectivity index (χ1n) is 5.50. The molecule has 0 spiro atoms. The third-order valence-corrected chi connectivity index (χ3v) is 4.03. The minimum Gasteiger partial charge on any atom is -0.395 e. The van der Waals surface area contributed by atoms with E-state index in [1.54, 1.807) is 0 Å². The lowest BCUT2D eigenvalue weighted by Crippen LogP contribution is -2.39. The molecule has 0 aliphatic heterocycles. The van der Waals surface area contributed by atoms with Gasteiger partial charge in [0.25, 0.3) is 0 Å². The monoisotopic (exact) mass is 228 g/mol. The Morgan fingerprint density at radius 2 is 2.07 bits per heavy atom. The first-order chi connectivity index (χ1) is 7.22. The van der Waals surface area contributed by atoms with Gasteiger partial charge in [-0.2, -0.15) is 0 Å². The standard InChI is InChI=1S/C12H17ClO2/c13-10-3-4-11-9(6-10)2-1-5-12(11,7-14)8-15/h3-4,9,14-15H,1-2,5-8H2. The second kappa shape index (κ2) is 4.28. The van der Waals surface area contributed by atoms with Gasteiger partial charge in [-0.05, 0) is 31.3 Å². The van der Waals surface area contributed by atoms with Crippen molar-refractivity contribution in [2.24, 2.45) is 11.3 Å². The molecule has 1 atom stereocenters. The van der Waals surface area contributed by atoms with Gasteiger partial charge < -0.3 is 10.2 Å². The first kappa shape index (κ1) is 11.2. The Hall–Kier alpha value is -0.310. The molecule has 3 heteroatoms. The van der Waals surface area contributed by atoms with E-state index in [1.165, 1.54) is 5.57 Å². The van der Waals surface area contributed by atoms with E-state index in [1.807, 2.05) is 12.2 Å². The SMILES string of the molecule is OCC1(CO)CCCC2CC(Cl)=CC=C21. The van der Waals surface area contributed by atoms with E-state index in [0.29, 0.717) is 5.92 Å². The minimum absolute atomic E-state index is 0.0390. The van der Waals surface area contributed by atoms with Crippen molar-refractivity contribution in [3.63, 3.8) is 0 Å². The van der Waals surface area contributed by atoms with Crippen molar-refractivity contribution < 1.29 is 10.2 Å². The summed E-state index contributed by atoms with van der Waals surface area (Å²) < 4.78 is 0. The van der Waals surface area contributed by atoms with Crippen LogP contribution in [0.25, 0.3) is 0 Å². The van der Waals surface area contributed by atoms with E-state index >= 15 is 0 Å². The molecule has 0 aromatic carbocycles. The topological polar surface area (TPSA) is 40.5 Å². The van der Waals surface area contributed by atoms with Gasteiger partial charge in [-0.25, -0.2) is 0 Å². The zero-order chi connectivity index (χ0) is 10.9. The van der Waals surface area contributed by atoms with Crippen LogP contribution < -0.4 is 0 Å². The second-order valence-corrected chi connectivity index (χ2v) is 5.11. The molecule has 0 amide bonds. The largest absolute Gasteiger partial charge is 0.395 e. The van der Waals surface area contributed by atoms with Crippen molar-refractivity contribution in [1.82, 2.24) is 0 Å². The number of fused-ring (bicyclic) bond motifs is 1. The fourth-order valence-corrected chi connectivity index (χ4v) is 3.07. The van der Waals surface area contributed by atoms with Crippen LogP contribution in [0.5, 0.6) is 0 Å². The molecule has 0 bridgehead atoms. The summed E-state index contributed by atoms with van der Waals surface area (Å²) in [6.07, 6.45) is 7.84. The fraction of sp³-hybridized carbons (Fsp3) is 0.667. The molecule has 1 unspecified atom stereocenters. The average molecular weight is 229 g/mol. The van der Waals surface area contributed by atoms with E-state index in [9.17, 15) is 10.2 Å². The molecule has 15 heavy (non-hydrogen) atoms. The summed E-state index contributed by atoms with van der Waals surface area (Å²) in [7, 11) is 0. The van der Waals surface area contributed by atoms with E-state index in [-0.39, 0.29) is 13.2 Å². The van der Waals surface area contributed by atoms with Crippen LogP contribution in [-0.4, -0.2) is 23.4 Å². The highest BCUT2D eigenvalue weighted by Crippen LogP contribution is 2.47. The summed E-state index contributed by atoms with van der Waals surface area (Å²) in [6, 6.07) is 0.